The van der Waals surface area contributed by atoms with Crippen LogP contribution in [0.25, 0.3) is 0 Å². The summed E-state index contributed by atoms with van der Waals surface area (Å²) < 4.78 is 19.0. The summed E-state index contributed by atoms with van der Waals surface area (Å²) in [6.07, 6.45) is -0.0106. The van der Waals surface area contributed by atoms with Crippen LogP contribution in [-0.4, -0.2) is 18.4 Å². The molecular weight excluding hydrogens is 359 g/mol. The number of rotatable bonds is 7. The van der Waals surface area contributed by atoms with Gasteiger partial charge in [0.05, 0.1) is 0 Å². The fraction of sp³-hybridized carbons (Fsp3) is 0.0909. The van der Waals surface area contributed by atoms with E-state index in [2.05, 4.69) is 0 Å². The molecule has 0 radical (unpaired) electrons. The summed E-state index contributed by atoms with van der Waals surface area (Å²) >= 11 is 0. The lowest BCUT2D eigenvalue weighted by Gasteiger charge is -2.22. The third-order valence-corrected chi connectivity index (χ3v) is 4.03. The van der Waals surface area contributed by atoms with Crippen molar-refractivity contribution in [1.29, 1.82) is 0 Å². The van der Waals surface area contributed by atoms with Crippen molar-refractivity contribution < 1.29 is 18.7 Å². The Bertz CT molecular complexity index is 959. The van der Waals surface area contributed by atoms with Crippen molar-refractivity contribution in [3.8, 4) is 11.5 Å². The van der Waals surface area contributed by atoms with Crippen molar-refractivity contribution >= 4 is 17.5 Å². The normalized spacial score (nSPS) is 10.3. The maximum Gasteiger partial charge on any atom is 0.258 e. The van der Waals surface area contributed by atoms with Crippen molar-refractivity contribution in [2.75, 3.05) is 11.4 Å². The molecule has 3 rings (SSSR count). The van der Waals surface area contributed by atoms with Gasteiger partial charge in [-0.05, 0) is 54.6 Å². The van der Waals surface area contributed by atoms with Crippen LogP contribution in [0.15, 0.2) is 78.9 Å². The van der Waals surface area contributed by atoms with E-state index in [1.54, 1.807) is 24.3 Å². The first-order chi connectivity index (χ1) is 13.5. The van der Waals surface area contributed by atoms with Gasteiger partial charge in [-0.3, -0.25) is 9.59 Å². The molecule has 0 saturated heterocycles. The Labute approximate surface area is 162 Å². The largest absolute Gasteiger partial charge is 0.457 e. The average molecular weight is 378 g/mol. The van der Waals surface area contributed by atoms with E-state index in [1.807, 2.05) is 30.3 Å². The van der Waals surface area contributed by atoms with Crippen LogP contribution in [0.2, 0.25) is 0 Å². The standard InChI is InChI=1S/C22H19FN2O3/c23-17-9-11-18(12-10-17)25(14-13-21(24)26)22(27)16-5-4-8-20(15-16)28-19-6-2-1-3-7-19/h1-12,15H,13-14H2,(H2,24,26). The summed E-state index contributed by atoms with van der Waals surface area (Å²) in [5.41, 5.74) is 6.09. The fourth-order valence-corrected chi connectivity index (χ4v) is 2.66. The number of hydrogen-bond donors (Lipinski definition) is 1. The lowest BCUT2D eigenvalue weighted by Crippen LogP contribution is -2.34. The van der Waals surface area contributed by atoms with Crippen LogP contribution in [0.1, 0.15) is 16.8 Å². The van der Waals surface area contributed by atoms with Crippen molar-refractivity contribution in [3.63, 3.8) is 0 Å². The molecular formula is C22H19FN2O3. The van der Waals surface area contributed by atoms with Gasteiger partial charge in [-0.1, -0.05) is 24.3 Å². The Balaban J connectivity index is 1.86. The monoisotopic (exact) mass is 378 g/mol. The Kier molecular flexibility index (Phi) is 6.01. The van der Waals surface area contributed by atoms with Crippen LogP contribution in [-0.2, 0) is 4.79 Å². The zero-order valence-electron chi connectivity index (χ0n) is 15.0. The van der Waals surface area contributed by atoms with E-state index in [0.717, 1.165) is 0 Å². The highest BCUT2D eigenvalue weighted by Gasteiger charge is 2.19. The number of para-hydroxylation sites is 1. The van der Waals surface area contributed by atoms with Crippen LogP contribution in [0.4, 0.5) is 10.1 Å². The number of benzene rings is 3. The van der Waals surface area contributed by atoms with Crippen LogP contribution in [0.5, 0.6) is 11.5 Å². The molecule has 0 saturated carbocycles. The number of halogens is 1. The summed E-state index contributed by atoms with van der Waals surface area (Å²) in [4.78, 5) is 25.7. The van der Waals surface area contributed by atoms with Crippen molar-refractivity contribution in [2.45, 2.75) is 6.42 Å². The molecule has 3 aromatic rings. The molecule has 0 aliphatic carbocycles. The number of hydrogen-bond acceptors (Lipinski definition) is 3. The van der Waals surface area contributed by atoms with E-state index >= 15 is 0 Å². The molecule has 142 valence electrons. The van der Waals surface area contributed by atoms with Gasteiger partial charge in [0.15, 0.2) is 0 Å². The predicted octanol–water partition coefficient (Wildman–Crippen LogP) is 4.14. The number of nitrogens with two attached hydrogens (primary N) is 1. The summed E-state index contributed by atoms with van der Waals surface area (Å²) in [5, 5.41) is 0. The second-order valence-corrected chi connectivity index (χ2v) is 6.09. The molecule has 0 atom stereocenters. The van der Waals surface area contributed by atoms with Crippen LogP contribution in [0, 0.1) is 5.82 Å². The molecule has 6 heteroatoms. The molecule has 0 aliphatic heterocycles. The number of primary amides is 1. The van der Waals surface area contributed by atoms with Gasteiger partial charge in [-0.2, -0.15) is 0 Å². The van der Waals surface area contributed by atoms with E-state index < -0.39 is 11.7 Å². The van der Waals surface area contributed by atoms with E-state index in [-0.39, 0.29) is 18.9 Å². The zero-order chi connectivity index (χ0) is 19.9. The van der Waals surface area contributed by atoms with Gasteiger partial charge in [0.25, 0.3) is 5.91 Å². The minimum atomic E-state index is -0.527. The smallest absolute Gasteiger partial charge is 0.258 e. The summed E-state index contributed by atoms with van der Waals surface area (Å²) in [6.45, 7) is 0.0869. The Morgan fingerprint density at radius 2 is 1.57 bits per heavy atom. The van der Waals surface area contributed by atoms with E-state index in [1.165, 1.54) is 29.2 Å². The molecule has 0 unspecified atom stereocenters. The van der Waals surface area contributed by atoms with Crippen LogP contribution >= 0.6 is 0 Å². The summed E-state index contributed by atoms with van der Waals surface area (Å²) in [5.74, 6) is -0.126. The van der Waals surface area contributed by atoms with E-state index in [9.17, 15) is 14.0 Å². The molecule has 0 spiro atoms. The number of ether oxygens (including phenoxy) is 1. The number of amides is 2. The van der Waals surface area contributed by atoms with Gasteiger partial charge in [0.1, 0.15) is 17.3 Å². The summed E-state index contributed by atoms with van der Waals surface area (Å²) in [6, 6.07) is 21.4. The third kappa shape index (κ3) is 4.94. The quantitative estimate of drug-likeness (QED) is 0.672. The SMILES string of the molecule is NC(=O)CCN(C(=O)c1cccc(Oc2ccccc2)c1)c1ccc(F)cc1. The Hall–Kier alpha value is -3.67. The molecule has 0 aliphatic rings. The third-order valence-electron chi connectivity index (χ3n) is 4.03. The van der Waals surface area contributed by atoms with Crippen molar-refractivity contribution in [2.24, 2.45) is 5.73 Å². The highest BCUT2D eigenvalue weighted by atomic mass is 19.1. The highest BCUT2D eigenvalue weighted by Crippen LogP contribution is 2.24. The summed E-state index contributed by atoms with van der Waals surface area (Å²) in [7, 11) is 0. The van der Waals surface area contributed by atoms with Crippen molar-refractivity contribution in [3.05, 3.63) is 90.2 Å². The molecule has 0 aromatic heterocycles. The first-order valence-corrected chi connectivity index (χ1v) is 8.71. The van der Waals surface area contributed by atoms with Gasteiger partial charge in [-0.15, -0.1) is 0 Å². The predicted molar refractivity (Wildman–Crippen MR) is 105 cm³/mol. The lowest BCUT2D eigenvalue weighted by atomic mass is 10.1. The number of carbonyl (C=O) groups is 2. The average Bonchev–Trinajstić information content (AvgIpc) is 2.70. The maximum absolute atomic E-state index is 13.3. The molecule has 0 bridgehead atoms. The maximum atomic E-state index is 13.3. The number of nitrogens with zero attached hydrogens (tertiary/aromatic N) is 1. The minimum Gasteiger partial charge on any atom is -0.457 e. The first kappa shape index (κ1) is 19.1. The molecule has 0 fully saturated rings. The second kappa shape index (κ2) is 8.81. The number of carbonyl (C=O) groups excluding carboxylic acids is 2. The van der Waals surface area contributed by atoms with Gasteiger partial charge in [0, 0.05) is 24.2 Å². The molecule has 28 heavy (non-hydrogen) atoms. The molecule has 2 N–H and O–H groups in total. The Morgan fingerprint density at radius 1 is 0.893 bits per heavy atom. The van der Waals surface area contributed by atoms with Gasteiger partial charge in [0.2, 0.25) is 5.91 Å². The molecule has 2 amide bonds. The van der Waals surface area contributed by atoms with Gasteiger partial charge >= 0.3 is 0 Å². The molecule has 5 nitrogen and oxygen atoms in total. The second-order valence-electron chi connectivity index (χ2n) is 6.09. The van der Waals surface area contributed by atoms with Gasteiger partial charge < -0.3 is 15.4 Å². The molecule has 0 heterocycles. The molecule has 3 aromatic carbocycles. The number of anilines is 1. The van der Waals surface area contributed by atoms with Crippen LogP contribution in [0.3, 0.4) is 0 Å². The van der Waals surface area contributed by atoms with E-state index in [0.29, 0.717) is 22.7 Å². The van der Waals surface area contributed by atoms with Gasteiger partial charge in [-0.25, -0.2) is 4.39 Å². The van der Waals surface area contributed by atoms with Crippen LogP contribution < -0.4 is 15.4 Å². The zero-order valence-corrected chi connectivity index (χ0v) is 15.0. The fourth-order valence-electron chi connectivity index (χ4n) is 2.66. The van der Waals surface area contributed by atoms with Crippen molar-refractivity contribution in [1.82, 2.24) is 0 Å². The van der Waals surface area contributed by atoms with E-state index in [4.69, 9.17) is 10.5 Å². The first-order valence-electron chi connectivity index (χ1n) is 8.71. The lowest BCUT2D eigenvalue weighted by molar-refractivity contribution is -0.117. The topological polar surface area (TPSA) is 72.6 Å². The Morgan fingerprint density at radius 3 is 2.25 bits per heavy atom. The highest BCUT2D eigenvalue weighted by molar-refractivity contribution is 6.06. The minimum absolute atomic E-state index is 0.0106.